The van der Waals surface area contributed by atoms with Crippen LogP contribution >= 0.6 is 0 Å². The van der Waals surface area contributed by atoms with Crippen LogP contribution in [0, 0.1) is 0 Å². The first-order chi connectivity index (χ1) is 8.47. The van der Waals surface area contributed by atoms with Crippen LogP contribution in [0.1, 0.15) is 0 Å². The van der Waals surface area contributed by atoms with Gasteiger partial charge in [-0.1, -0.05) is 18.2 Å². The van der Waals surface area contributed by atoms with Crippen molar-refractivity contribution in [3.63, 3.8) is 0 Å². The second kappa shape index (κ2) is 4.58. The van der Waals surface area contributed by atoms with E-state index in [2.05, 4.69) is 0 Å². The monoisotopic (exact) mass is 266 g/mol. The standard InChI is InChI=1S/C12H10O5S/c13-9-6-10(14)8-11(7-9)17-18(15,16)12-4-2-1-3-5-12/h1-8,13-14H. The highest BCUT2D eigenvalue weighted by atomic mass is 32.2. The smallest absolute Gasteiger partial charge is 0.339 e. The molecule has 0 spiro atoms. The summed E-state index contributed by atoms with van der Waals surface area (Å²) < 4.78 is 28.5. The number of hydrogen-bond acceptors (Lipinski definition) is 5. The summed E-state index contributed by atoms with van der Waals surface area (Å²) in [6, 6.07) is 10.9. The lowest BCUT2D eigenvalue weighted by molar-refractivity contribution is 0.440. The molecule has 0 radical (unpaired) electrons. The summed E-state index contributed by atoms with van der Waals surface area (Å²) in [5.74, 6) is -0.724. The molecule has 0 heterocycles. The van der Waals surface area contributed by atoms with Crippen LogP contribution in [0.25, 0.3) is 0 Å². The molecule has 0 aliphatic carbocycles. The van der Waals surface area contributed by atoms with Crippen LogP contribution in [0.4, 0.5) is 0 Å². The van der Waals surface area contributed by atoms with Crippen molar-refractivity contribution in [3.8, 4) is 17.2 Å². The molecule has 2 N–H and O–H groups in total. The van der Waals surface area contributed by atoms with Crippen molar-refractivity contribution in [1.82, 2.24) is 0 Å². The molecule has 0 bridgehead atoms. The van der Waals surface area contributed by atoms with Crippen LogP contribution in [-0.2, 0) is 10.1 Å². The van der Waals surface area contributed by atoms with Crippen molar-refractivity contribution in [2.75, 3.05) is 0 Å². The van der Waals surface area contributed by atoms with Crippen molar-refractivity contribution >= 4 is 10.1 Å². The zero-order valence-corrected chi connectivity index (χ0v) is 9.96. The van der Waals surface area contributed by atoms with E-state index < -0.39 is 10.1 Å². The molecule has 5 nitrogen and oxygen atoms in total. The summed E-state index contributed by atoms with van der Waals surface area (Å²) in [5.41, 5.74) is 0. The molecule has 0 saturated heterocycles. The Labute approximate surface area is 104 Å². The second-order valence-electron chi connectivity index (χ2n) is 3.54. The molecule has 0 aromatic heterocycles. The maximum Gasteiger partial charge on any atom is 0.339 e. The van der Waals surface area contributed by atoms with Gasteiger partial charge in [-0.2, -0.15) is 8.42 Å². The van der Waals surface area contributed by atoms with E-state index in [-0.39, 0.29) is 22.1 Å². The predicted octanol–water partition coefficient (Wildman–Crippen LogP) is 1.87. The van der Waals surface area contributed by atoms with E-state index in [0.717, 1.165) is 18.2 Å². The Kier molecular flexibility index (Phi) is 3.12. The summed E-state index contributed by atoms with van der Waals surface area (Å²) >= 11 is 0. The van der Waals surface area contributed by atoms with Gasteiger partial charge < -0.3 is 14.4 Å². The molecule has 6 heteroatoms. The van der Waals surface area contributed by atoms with E-state index in [0.29, 0.717) is 0 Å². The fourth-order valence-electron chi connectivity index (χ4n) is 1.38. The fraction of sp³-hybridized carbons (Fsp3) is 0. The molecule has 2 aromatic carbocycles. The quantitative estimate of drug-likeness (QED) is 0.828. The first kappa shape index (κ1) is 12.3. The molecule has 0 saturated carbocycles. The van der Waals surface area contributed by atoms with Gasteiger partial charge in [0.2, 0.25) is 0 Å². The average Bonchev–Trinajstić information content (AvgIpc) is 2.28. The minimum atomic E-state index is -3.97. The molecular weight excluding hydrogens is 256 g/mol. The Balaban J connectivity index is 2.34. The SMILES string of the molecule is O=S(=O)(Oc1cc(O)cc(O)c1)c1ccccc1. The van der Waals surface area contributed by atoms with Crippen molar-refractivity contribution in [2.24, 2.45) is 0 Å². The third-order valence-electron chi connectivity index (χ3n) is 2.11. The van der Waals surface area contributed by atoms with Gasteiger partial charge in [-0.15, -0.1) is 0 Å². The van der Waals surface area contributed by atoms with Gasteiger partial charge in [0.05, 0.1) is 0 Å². The van der Waals surface area contributed by atoms with Gasteiger partial charge in [0.15, 0.2) is 0 Å². The third kappa shape index (κ3) is 2.72. The van der Waals surface area contributed by atoms with Gasteiger partial charge in [0, 0.05) is 18.2 Å². The zero-order chi connectivity index (χ0) is 13.2. The molecule has 94 valence electrons. The maximum absolute atomic E-state index is 11.8. The van der Waals surface area contributed by atoms with E-state index >= 15 is 0 Å². The van der Waals surface area contributed by atoms with Crippen LogP contribution in [-0.4, -0.2) is 18.6 Å². The van der Waals surface area contributed by atoms with Crippen LogP contribution in [0.3, 0.4) is 0 Å². The summed E-state index contributed by atoms with van der Waals surface area (Å²) in [7, 11) is -3.97. The van der Waals surface area contributed by atoms with E-state index in [4.69, 9.17) is 4.18 Å². The molecule has 0 atom stereocenters. The zero-order valence-electron chi connectivity index (χ0n) is 9.15. The van der Waals surface area contributed by atoms with Gasteiger partial charge >= 0.3 is 10.1 Å². The lowest BCUT2D eigenvalue weighted by Gasteiger charge is -2.07. The number of phenolic OH excluding ortho intramolecular Hbond substituents is 2. The predicted molar refractivity (Wildman–Crippen MR) is 64.0 cm³/mol. The van der Waals surface area contributed by atoms with Gasteiger partial charge in [-0.25, -0.2) is 0 Å². The van der Waals surface area contributed by atoms with Crippen LogP contribution < -0.4 is 4.18 Å². The number of aromatic hydroxyl groups is 2. The molecule has 0 aliphatic heterocycles. The van der Waals surface area contributed by atoms with Gasteiger partial charge in [0.25, 0.3) is 0 Å². The van der Waals surface area contributed by atoms with E-state index in [1.54, 1.807) is 18.2 Å². The molecule has 0 aliphatic rings. The molecule has 2 aromatic rings. The largest absolute Gasteiger partial charge is 0.508 e. The Hall–Kier alpha value is -2.21. The summed E-state index contributed by atoms with van der Waals surface area (Å²) in [5, 5.41) is 18.5. The van der Waals surface area contributed by atoms with E-state index in [1.165, 1.54) is 12.1 Å². The normalized spacial score (nSPS) is 11.1. The minimum absolute atomic E-state index is 0.00664. The highest BCUT2D eigenvalue weighted by Crippen LogP contribution is 2.27. The number of rotatable bonds is 3. The van der Waals surface area contributed by atoms with Gasteiger partial charge in [-0.05, 0) is 12.1 Å². The Bertz CT molecular complexity index is 629. The molecule has 18 heavy (non-hydrogen) atoms. The summed E-state index contributed by atoms with van der Waals surface area (Å²) in [4.78, 5) is -0.00664. The highest BCUT2D eigenvalue weighted by Gasteiger charge is 2.16. The topological polar surface area (TPSA) is 83.8 Å². The van der Waals surface area contributed by atoms with E-state index in [9.17, 15) is 18.6 Å². The third-order valence-corrected chi connectivity index (χ3v) is 3.38. The molecule has 0 unspecified atom stereocenters. The second-order valence-corrected chi connectivity index (χ2v) is 5.08. The van der Waals surface area contributed by atoms with Crippen LogP contribution in [0.15, 0.2) is 53.4 Å². The lowest BCUT2D eigenvalue weighted by Crippen LogP contribution is -2.09. The fourth-order valence-corrected chi connectivity index (χ4v) is 2.31. The molecule has 2 rings (SSSR count). The lowest BCUT2D eigenvalue weighted by atomic mass is 10.3. The number of benzene rings is 2. The summed E-state index contributed by atoms with van der Waals surface area (Å²) in [6.07, 6.45) is 0. The Morgan fingerprint density at radius 1 is 0.889 bits per heavy atom. The molecule has 0 fully saturated rings. The summed E-state index contributed by atoms with van der Waals surface area (Å²) in [6.45, 7) is 0. The first-order valence-electron chi connectivity index (χ1n) is 5.00. The minimum Gasteiger partial charge on any atom is -0.508 e. The number of phenols is 2. The first-order valence-corrected chi connectivity index (χ1v) is 6.41. The Morgan fingerprint density at radius 2 is 1.44 bits per heavy atom. The van der Waals surface area contributed by atoms with Crippen molar-refractivity contribution in [3.05, 3.63) is 48.5 Å². The molecule has 0 amide bonds. The average molecular weight is 266 g/mol. The van der Waals surface area contributed by atoms with Gasteiger partial charge in [0.1, 0.15) is 22.1 Å². The van der Waals surface area contributed by atoms with Crippen LogP contribution in [0.2, 0.25) is 0 Å². The van der Waals surface area contributed by atoms with Crippen LogP contribution in [0.5, 0.6) is 17.2 Å². The number of hydrogen-bond donors (Lipinski definition) is 2. The van der Waals surface area contributed by atoms with Crippen molar-refractivity contribution < 1.29 is 22.8 Å². The van der Waals surface area contributed by atoms with Crippen molar-refractivity contribution in [1.29, 1.82) is 0 Å². The van der Waals surface area contributed by atoms with Crippen molar-refractivity contribution in [2.45, 2.75) is 4.90 Å². The van der Waals surface area contributed by atoms with Gasteiger partial charge in [-0.3, -0.25) is 0 Å². The molecular formula is C12H10O5S. The Morgan fingerprint density at radius 3 is 2.00 bits per heavy atom. The van der Waals surface area contributed by atoms with E-state index in [1.807, 2.05) is 0 Å². The highest BCUT2D eigenvalue weighted by molar-refractivity contribution is 7.87. The maximum atomic E-state index is 11.8.